The molecule has 1 aromatic carbocycles. The van der Waals surface area contributed by atoms with Crippen LogP contribution in [0.3, 0.4) is 0 Å². The first-order valence-electron chi connectivity index (χ1n) is 7.96. The van der Waals surface area contributed by atoms with Gasteiger partial charge in [0.05, 0.1) is 11.3 Å². The normalized spacial score (nSPS) is 13.7. The van der Waals surface area contributed by atoms with Crippen LogP contribution in [0.15, 0.2) is 66.4 Å². The Balaban J connectivity index is 1.92. The lowest BCUT2D eigenvalue weighted by Crippen LogP contribution is -2.08. The van der Waals surface area contributed by atoms with Crippen LogP contribution in [0.2, 0.25) is 0 Å². The van der Waals surface area contributed by atoms with Crippen LogP contribution >= 0.6 is 0 Å². The molecule has 25 heavy (non-hydrogen) atoms. The first-order valence-corrected chi connectivity index (χ1v) is 7.96. The predicted molar refractivity (Wildman–Crippen MR) is 99.2 cm³/mol. The van der Waals surface area contributed by atoms with Crippen molar-refractivity contribution in [1.29, 1.82) is 0 Å². The number of carboxylic acid groups (broad SMARTS) is 1. The van der Waals surface area contributed by atoms with Gasteiger partial charge in [-0.15, -0.1) is 0 Å². The van der Waals surface area contributed by atoms with Gasteiger partial charge in [-0.05, 0) is 30.7 Å². The first kappa shape index (κ1) is 16.6. The minimum absolute atomic E-state index is 0.255. The van der Waals surface area contributed by atoms with Crippen molar-refractivity contribution < 1.29 is 9.90 Å². The van der Waals surface area contributed by atoms with Crippen molar-refractivity contribution in [2.24, 2.45) is 0 Å². The number of rotatable bonds is 4. The van der Waals surface area contributed by atoms with Crippen LogP contribution < -0.4 is 4.90 Å². The Kier molecular flexibility index (Phi) is 4.75. The van der Waals surface area contributed by atoms with Gasteiger partial charge in [0.25, 0.3) is 0 Å². The van der Waals surface area contributed by atoms with Crippen LogP contribution in [-0.2, 0) is 4.79 Å². The molecule has 0 spiro atoms. The van der Waals surface area contributed by atoms with E-state index in [1.54, 1.807) is 24.4 Å². The molecule has 0 amide bonds. The van der Waals surface area contributed by atoms with E-state index < -0.39 is 5.97 Å². The minimum Gasteiger partial charge on any atom is -0.478 e. The lowest BCUT2D eigenvalue weighted by atomic mass is 10.1. The summed E-state index contributed by atoms with van der Waals surface area (Å²) in [5.41, 5.74) is 4.12. The van der Waals surface area contributed by atoms with E-state index in [-0.39, 0.29) is 5.57 Å². The van der Waals surface area contributed by atoms with Crippen molar-refractivity contribution in [2.75, 3.05) is 19.0 Å². The fraction of sp³-hybridized carbons (Fsp3) is 0.150. The van der Waals surface area contributed by atoms with Gasteiger partial charge in [0.2, 0.25) is 0 Å². The molecule has 0 saturated heterocycles. The second-order valence-electron chi connectivity index (χ2n) is 5.93. The second-order valence-corrected chi connectivity index (χ2v) is 5.93. The number of nitrogens with zero attached hydrogens (tertiary/aromatic N) is 3. The summed E-state index contributed by atoms with van der Waals surface area (Å²) in [7, 11) is 4.01. The van der Waals surface area contributed by atoms with E-state index in [1.165, 1.54) is 0 Å². The number of carboxylic acids is 1. The molecule has 1 heterocycles. The molecule has 0 bridgehead atoms. The molecule has 5 heteroatoms. The summed E-state index contributed by atoms with van der Waals surface area (Å²) in [5.74, 6) is -0.328. The Morgan fingerprint density at radius 1 is 1.12 bits per heavy atom. The molecule has 3 rings (SSSR count). The maximum atomic E-state index is 11.1. The van der Waals surface area contributed by atoms with Gasteiger partial charge in [0.15, 0.2) is 5.82 Å². The number of carbonyl (C=O) groups is 1. The highest BCUT2D eigenvalue weighted by atomic mass is 16.4. The lowest BCUT2D eigenvalue weighted by Gasteiger charge is -2.12. The van der Waals surface area contributed by atoms with Gasteiger partial charge in [-0.25, -0.2) is 14.8 Å². The van der Waals surface area contributed by atoms with Crippen LogP contribution in [0.1, 0.15) is 12.2 Å². The van der Waals surface area contributed by atoms with E-state index in [2.05, 4.69) is 9.97 Å². The van der Waals surface area contributed by atoms with Gasteiger partial charge < -0.3 is 10.0 Å². The maximum Gasteiger partial charge on any atom is 0.335 e. The van der Waals surface area contributed by atoms with Gasteiger partial charge in [0.1, 0.15) is 0 Å². The van der Waals surface area contributed by atoms with Gasteiger partial charge in [-0.3, -0.25) is 0 Å². The molecule has 0 radical (unpaired) electrons. The summed E-state index contributed by atoms with van der Waals surface area (Å²) in [6.07, 6.45) is 9.11. The Morgan fingerprint density at radius 2 is 1.88 bits per heavy atom. The zero-order valence-corrected chi connectivity index (χ0v) is 14.2. The molecule has 0 saturated carbocycles. The summed E-state index contributed by atoms with van der Waals surface area (Å²) >= 11 is 0. The Morgan fingerprint density at radius 3 is 2.56 bits per heavy atom. The molecule has 0 unspecified atom stereocenters. The fourth-order valence-corrected chi connectivity index (χ4v) is 2.54. The van der Waals surface area contributed by atoms with Crippen LogP contribution in [0.25, 0.3) is 16.8 Å². The third-order valence-electron chi connectivity index (χ3n) is 3.97. The zero-order chi connectivity index (χ0) is 17.8. The standard InChI is InChI=1S/C20H19N3O2/c1-23(2)17-10-8-14(9-11-17)18-12-13-21-19(22-18)15-4-3-5-16(7-6-15)20(24)25/h3,5-13H,4H2,1-2H3,(H,24,25). The van der Waals surface area contributed by atoms with Gasteiger partial charge in [-0.2, -0.15) is 0 Å². The van der Waals surface area contributed by atoms with Gasteiger partial charge in [0, 0.05) is 37.1 Å². The van der Waals surface area contributed by atoms with E-state index in [9.17, 15) is 4.79 Å². The first-order chi connectivity index (χ1) is 12.0. The number of aromatic nitrogens is 2. The molecule has 1 N–H and O–H groups in total. The second kappa shape index (κ2) is 7.13. The number of benzene rings is 1. The number of anilines is 1. The molecule has 2 aromatic rings. The molecule has 1 aliphatic carbocycles. The topological polar surface area (TPSA) is 66.3 Å². The molecular weight excluding hydrogens is 314 g/mol. The molecule has 1 aromatic heterocycles. The van der Waals surface area contributed by atoms with Crippen molar-refractivity contribution in [1.82, 2.24) is 9.97 Å². The molecule has 5 nitrogen and oxygen atoms in total. The number of hydrogen-bond acceptors (Lipinski definition) is 4. The van der Waals surface area contributed by atoms with Crippen LogP contribution in [0.5, 0.6) is 0 Å². The largest absolute Gasteiger partial charge is 0.478 e. The zero-order valence-electron chi connectivity index (χ0n) is 14.2. The Labute approximate surface area is 146 Å². The summed E-state index contributed by atoms with van der Waals surface area (Å²) < 4.78 is 0. The molecular formula is C20H19N3O2. The molecule has 0 aliphatic heterocycles. The van der Waals surface area contributed by atoms with E-state index >= 15 is 0 Å². The third-order valence-corrected chi connectivity index (χ3v) is 3.97. The van der Waals surface area contributed by atoms with E-state index in [0.717, 1.165) is 22.5 Å². The Hall–Kier alpha value is -3.21. The van der Waals surface area contributed by atoms with Crippen molar-refractivity contribution in [3.8, 4) is 11.3 Å². The van der Waals surface area contributed by atoms with Crippen LogP contribution in [-0.4, -0.2) is 35.1 Å². The fourth-order valence-electron chi connectivity index (χ4n) is 2.54. The average molecular weight is 333 g/mol. The predicted octanol–water partition coefficient (Wildman–Crippen LogP) is 3.56. The third kappa shape index (κ3) is 3.83. The van der Waals surface area contributed by atoms with E-state index in [1.807, 2.05) is 55.4 Å². The molecule has 1 aliphatic rings. The summed E-state index contributed by atoms with van der Waals surface area (Å²) in [6, 6.07) is 10.0. The lowest BCUT2D eigenvalue weighted by molar-refractivity contribution is -0.132. The summed E-state index contributed by atoms with van der Waals surface area (Å²) in [5, 5.41) is 9.09. The van der Waals surface area contributed by atoms with Gasteiger partial charge in [-0.1, -0.05) is 30.4 Å². The SMILES string of the molecule is CN(C)c1ccc(-c2ccnc(C3=CC=C(C(=O)O)C=CC3)n2)cc1. The summed E-state index contributed by atoms with van der Waals surface area (Å²) in [4.78, 5) is 22.1. The van der Waals surface area contributed by atoms with Crippen molar-refractivity contribution >= 4 is 17.2 Å². The van der Waals surface area contributed by atoms with E-state index in [0.29, 0.717) is 12.2 Å². The van der Waals surface area contributed by atoms with Crippen LogP contribution in [0, 0.1) is 0 Å². The van der Waals surface area contributed by atoms with Crippen LogP contribution in [0.4, 0.5) is 5.69 Å². The quantitative estimate of drug-likeness (QED) is 0.926. The maximum absolute atomic E-state index is 11.1. The number of aliphatic carboxylic acids is 1. The monoisotopic (exact) mass is 333 g/mol. The highest BCUT2D eigenvalue weighted by Crippen LogP contribution is 2.24. The average Bonchev–Trinajstić information content (AvgIpc) is 2.88. The van der Waals surface area contributed by atoms with Gasteiger partial charge >= 0.3 is 5.97 Å². The minimum atomic E-state index is -0.940. The van der Waals surface area contributed by atoms with E-state index in [4.69, 9.17) is 5.11 Å². The van der Waals surface area contributed by atoms with Crippen molar-refractivity contribution in [2.45, 2.75) is 6.42 Å². The summed E-state index contributed by atoms with van der Waals surface area (Å²) in [6.45, 7) is 0. The highest BCUT2D eigenvalue weighted by molar-refractivity contribution is 5.91. The Bertz CT molecular complexity index is 878. The number of hydrogen-bond donors (Lipinski definition) is 1. The molecule has 126 valence electrons. The smallest absolute Gasteiger partial charge is 0.335 e. The molecule has 0 atom stereocenters. The number of allylic oxidation sites excluding steroid dienone is 4. The van der Waals surface area contributed by atoms with Crippen molar-refractivity contribution in [3.63, 3.8) is 0 Å². The van der Waals surface area contributed by atoms with Crippen molar-refractivity contribution in [3.05, 3.63) is 72.2 Å². The molecule has 0 fully saturated rings. The highest BCUT2D eigenvalue weighted by Gasteiger charge is 2.10.